The van der Waals surface area contributed by atoms with E-state index in [1.807, 2.05) is 16.9 Å². The number of nitrogens with one attached hydrogen (secondary N) is 1. The molecule has 7 heteroatoms. The zero-order valence-corrected chi connectivity index (χ0v) is 14.5. The Morgan fingerprint density at radius 2 is 2.40 bits per heavy atom. The lowest BCUT2D eigenvalue weighted by atomic mass is 10.1. The van der Waals surface area contributed by atoms with Gasteiger partial charge in [0.25, 0.3) is 0 Å². The third kappa shape index (κ3) is 4.78. The van der Waals surface area contributed by atoms with Gasteiger partial charge in [0, 0.05) is 29.0 Å². The summed E-state index contributed by atoms with van der Waals surface area (Å²) in [6.07, 6.45) is 12.4. The maximum atomic E-state index is 9.18. The average molecular weight is 358 g/mol. The van der Waals surface area contributed by atoms with Crippen LogP contribution >= 0.6 is 11.6 Å². The van der Waals surface area contributed by atoms with Crippen molar-refractivity contribution < 1.29 is 5.11 Å². The number of halogens is 1. The minimum Gasteiger partial charge on any atom is -0.509 e. The van der Waals surface area contributed by atoms with E-state index < -0.39 is 0 Å². The molecule has 0 aliphatic carbocycles. The molecular formula is C18H20ClN5O. The minimum atomic E-state index is -0.0940. The van der Waals surface area contributed by atoms with Gasteiger partial charge in [-0.1, -0.05) is 18.2 Å². The molecule has 2 aromatic heterocycles. The fourth-order valence-corrected chi connectivity index (χ4v) is 2.99. The summed E-state index contributed by atoms with van der Waals surface area (Å²) in [5.74, 6) is -0.0940. The molecule has 3 rings (SSSR count). The summed E-state index contributed by atoms with van der Waals surface area (Å²) in [5.41, 5.74) is 2.46. The first kappa shape index (κ1) is 17.4. The molecule has 130 valence electrons. The number of allylic oxidation sites excluding steroid dienone is 3. The van der Waals surface area contributed by atoms with Crippen LogP contribution in [-0.2, 0) is 6.54 Å². The summed E-state index contributed by atoms with van der Waals surface area (Å²) in [7, 11) is 0. The lowest BCUT2D eigenvalue weighted by molar-refractivity contribution is 0.435. The highest BCUT2D eigenvalue weighted by Gasteiger charge is 2.17. The molecule has 3 heterocycles. The largest absolute Gasteiger partial charge is 0.509 e. The molecule has 1 aliphatic heterocycles. The minimum absolute atomic E-state index is 0.0940. The van der Waals surface area contributed by atoms with Gasteiger partial charge >= 0.3 is 0 Å². The van der Waals surface area contributed by atoms with Crippen molar-refractivity contribution in [1.82, 2.24) is 25.1 Å². The second-order valence-corrected chi connectivity index (χ2v) is 6.33. The Labute approximate surface area is 151 Å². The van der Waals surface area contributed by atoms with Crippen LogP contribution in [0.15, 0.2) is 54.3 Å². The number of aromatic nitrogens is 4. The van der Waals surface area contributed by atoms with Crippen LogP contribution in [0.4, 0.5) is 0 Å². The van der Waals surface area contributed by atoms with Gasteiger partial charge in [0.2, 0.25) is 0 Å². The van der Waals surface area contributed by atoms with Crippen molar-refractivity contribution >= 4 is 17.7 Å². The zero-order chi connectivity index (χ0) is 17.6. The molecule has 1 atom stereocenters. The summed E-state index contributed by atoms with van der Waals surface area (Å²) in [5, 5.41) is 17.7. The molecule has 0 aromatic carbocycles. The van der Waals surface area contributed by atoms with Gasteiger partial charge in [-0.15, -0.1) is 0 Å². The molecule has 1 saturated heterocycles. The van der Waals surface area contributed by atoms with Gasteiger partial charge < -0.3 is 10.4 Å². The van der Waals surface area contributed by atoms with E-state index in [-0.39, 0.29) is 5.76 Å². The van der Waals surface area contributed by atoms with Crippen molar-refractivity contribution in [2.45, 2.75) is 25.4 Å². The molecule has 0 bridgehead atoms. The molecule has 25 heavy (non-hydrogen) atoms. The highest BCUT2D eigenvalue weighted by molar-refractivity contribution is 6.31. The first-order valence-electron chi connectivity index (χ1n) is 8.12. The number of nitrogens with zero attached hydrogens (tertiary/aromatic N) is 4. The first-order valence-corrected chi connectivity index (χ1v) is 8.50. The van der Waals surface area contributed by atoms with Gasteiger partial charge in [-0.3, -0.25) is 4.68 Å². The van der Waals surface area contributed by atoms with E-state index in [9.17, 15) is 5.11 Å². The second kappa shape index (κ2) is 8.09. The third-order valence-electron chi connectivity index (χ3n) is 3.92. The maximum absolute atomic E-state index is 9.18. The molecule has 0 spiro atoms. The zero-order valence-electron chi connectivity index (χ0n) is 13.8. The summed E-state index contributed by atoms with van der Waals surface area (Å²) < 4.78 is 1.93. The van der Waals surface area contributed by atoms with E-state index in [1.165, 1.54) is 18.8 Å². The van der Waals surface area contributed by atoms with E-state index in [0.717, 1.165) is 36.5 Å². The van der Waals surface area contributed by atoms with E-state index in [4.69, 9.17) is 11.6 Å². The van der Waals surface area contributed by atoms with Crippen LogP contribution < -0.4 is 5.32 Å². The fraction of sp³-hybridized carbons (Fsp3) is 0.278. The van der Waals surface area contributed by atoms with E-state index in [2.05, 4.69) is 27.0 Å². The predicted molar refractivity (Wildman–Crippen MR) is 99.0 cm³/mol. The quantitative estimate of drug-likeness (QED) is 0.612. The first-order chi connectivity index (χ1) is 12.1. The van der Waals surface area contributed by atoms with Gasteiger partial charge in [-0.05, 0) is 43.7 Å². The van der Waals surface area contributed by atoms with Gasteiger partial charge in [0.1, 0.15) is 12.1 Å². The topological polar surface area (TPSA) is 75.9 Å². The number of aliphatic hydroxyl groups is 1. The lowest BCUT2D eigenvalue weighted by Crippen LogP contribution is -2.26. The SMILES string of the molecule is C=C(O)/C=C(Cl)\C=C\c1nn(C[C@@H]2CCCN2)cc1-c1ccncn1. The van der Waals surface area contributed by atoms with E-state index >= 15 is 0 Å². The van der Waals surface area contributed by atoms with Crippen molar-refractivity contribution in [3.8, 4) is 11.3 Å². The van der Waals surface area contributed by atoms with Crippen molar-refractivity contribution in [3.63, 3.8) is 0 Å². The highest BCUT2D eigenvalue weighted by Crippen LogP contribution is 2.23. The molecule has 0 amide bonds. The van der Waals surface area contributed by atoms with Gasteiger partial charge in [0.05, 0.1) is 17.9 Å². The Morgan fingerprint density at radius 1 is 1.52 bits per heavy atom. The van der Waals surface area contributed by atoms with Crippen LogP contribution in [0.2, 0.25) is 0 Å². The fourth-order valence-electron chi connectivity index (χ4n) is 2.80. The Balaban J connectivity index is 1.89. The summed E-state index contributed by atoms with van der Waals surface area (Å²) in [4.78, 5) is 8.28. The van der Waals surface area contributed by atoms with E-state index in [0.29, 0.717) is 11.1 Å². The van der Waals surface area contributed by atoms with Crippen LogP contribution in [-0.4, -0.2) is 37.4 Å². The van der Waals surface area contributed by atoms with Gasteiger partial charge in [-0.25, -0.2) is 9.97 Å². The molecular weight excluding hydrogens is 338 g/mol. The highest BCUT2D eigenvalue weighted by atomic mass is 35.5. The molecule has 0 unspecified atom stereocenters. The standard InChI is InChI=1S/C18H20ClN5O/c1-13(25)9-14(19)4-5-18-16(17-6-8-20-12-22-17)11-24(23-18)10-15-3-2-7-21-15/h4-6,8-9,11-12,15,21,25H,1-3,7,10H2/b5-4+,14-9+/t15-/m0/s1. The monoisotopic (exact) mass is 357 g/mol. The Kier molecular flexibility index (Phi) is 5.63. The molecule has 6 nitrogen and oxygen atoms in total. The number of hydrogen-bond donors (Lipinski definition) is 2. The predicted octanol–water partition coefficient (Wildman–Crippen LogP) is 3.30. The molecule has 1 fully saturated rings. The molecule has 0 radical (unpaired) electrons. The number of hydrogen-bond acceptors (Lipinski definition) is 5. The van der Waals surface area contributed by atoms with Crippen molar-refractivity contribution in [2.75, 3.05) is 6.54 Å². The molecule has 2 N–H and O–H groups in total. The third-order valence-corrected chi connectivity index (χ3v) is 4.16. The van der Waals surface area contributed by atoms with Gasteiger partial charge in [0.15, 0.2) is 0 Å². The van der Waals surface area contributed by atoms with Crippen LogP contribution in [0.1, 0.15) is 18.5 Å². The molecule has 0 saturated carbocycles. The van der Waals surface area contributed by atoms with Crippen LogP contribution in [0.5, 0.6) is 0 Å². The number of aliphatic hydroxyl groups excluding tert-OH is 1. The maximum Gasteiger partial charge on any atom is 0.116 e. The van der Waals surface area contributed by atoms with Crippen molar-refractivity contribution in [1.29, 1.82) is 0 Å². The van der Waals surface area contributed by atoms with Gasteiger partial charge in [-0.2, -0.15) is 5.10 Å². The van der Waals surface area contributed by atoms with Crippen molar-refractivity contribution in [2.24, 2.45) is 0 Å². The average Bonchev–Trinajstić information content (AvgIpc) is 3.23. The summed E-state index contributed by atoms with van der Waals surface area (Å²) >= 11 is 6.05. The lowest BCUT2D eigenvalue weighted by Gasteiger charge is -2.09. The Bertz CT molecular complexity index is 791. The Hall–Kier alpha value is -2.44. The summed E-state index contributed by atoms with van der Waals surface area (Å²) in [6, 6.07) is 2.29. The molecule has 2 aromatic rings. The number of rotatable bonds is 6. The normalized spacial score (nSPS) is 18.1. The Morgan fingerprint density at radius 3 is 3.08 bits per heavy atom. The van der Waals surface area contributed by atoms with Crippen LogP contribution in [0.25, 0.3) is 17.3 Å². The second-order valence-electron chi connectivity index (χ2n) is 5.89. The van der Waals surface area contributed by atoms with Crippen LogP contribution in [0.3, 0.4) is 0 Å². The smallest absolute Gasteiger partial charge is 0.116 e. The van der Waals surface area contributed by atoms with Crippen molar-refractivity contribution in [3.05, 3.63) is 60.0 Å². The van der Waals surface area contributed by atoms with E-state index in [1.54, 1.807) is 18.3 Å². The molecule has 1 aliphatic rings. The summed E-state index contributed by atoms with van der Waals surface area (Å²) in [6.45, 7) is 5.26. The van der Waals surface area contributed by atoms with Crippen LogP contribution in [0, 0.1) is 0 Å².